The molecule has 112 valence electrons. The number of hydrogen-bond acceptors (Lipinski definition) is 3. The number of hydrogen-bond donors (Lipinski definition) is 2. The van der Waals surface area contributed by atoms with E-state index in [0.717, 1.165) is 4.47 Å². The highest BCUT2D eigenvalue weighted by molar-refractivity contribution is 9.10. The van der Waals surface area contributed by atoms with Crippen molar-refractivity contribution >= 4 is 44.9 Å². The van der Waals surface area contributed by atoms with Gasteiger partial charge in [-0.25, -0.2) is 0 Å². The number of anilines is 1. The van der Waals surface area contributed by atoms with Crippen LogP contribution < -0.4 is 5.32 Å². The van der Waals surface area contributed by atoms with Crippen molar-refractivity contribution in [1.82, 2.24) is 0 Å². The first-order chi connectivity index (χ1) is 10.4. The molecule has 2 N–H and O–H groups in total. The van der Waals surface area contributed by atoms with Crippen LogP contribution >= 0.6 is 27.5 Å². The number of ketones is 1. The van der Waals surface area contributed by atoms with E-state index in [-0.39, 0.29) is 12.2 Å². The first-order valence-corrected chi connectivity index (χ1v) is 7.70. The Morgan fingerprint density at radius 2 is 2.05 bits per heavy atom. The molecular weight excluding hydrogens is 370 g/mol. The van der Waals surface area contributed by atoms with Crippen LogP contribution in [0.1, 0.15) is 22.3 Å². The van der Waals surface area contributed by atoms with Crippen molar-refractivity contribution in [2.24, 2.45) is 0 Å². The van der Waals surface area contributed by atoms with Crippen molar-refractivity contribution in [3.05, 3.63) is 63.1 Å². The molecule has 0 aromatic heterocycles. The van der Waals surface area contributed by atoms with Crippen LogP contribution in [0.25, 0.3) is 0 Å². The molecule has 1 atom stereocenters. The first kappa shape index (κ1) is 15.2. The van der Waals surface area contributed by atoms with Gasteiger partial charge < -0.3 is 10.4 Å². The highest BCUT2D eigenvalue weighted by Crippen LogP contribution is 2.40. The Balaban J connectivity index is 1.96. The largest absolute Gasteiger partial charge is 0.375 e. The van der Waals surface area contributed by atoms with Gasteiger partial charge in [-0.15, -0.1) is 0 Å². The monoisotopic (exact) mass is 379 g/mol. The minimum absolute atomic E-state index is 0.345. The molecule has 0 radical (unpaired) electrons. The average molecular weight is 381 g/mol. The highest BCUT2D eigenvalue weighted by atomic mass is 79.9. The summed E-state index contributed by atoms with van der Waals surface area (Å²) in [6, 6.07) is 11.5. The van der Waals surface area contributed by atoms with Gasteiger partial charge in [-0.2, -0.15) is 0 Å². The number of carbonyl (C=O) groups is 2. The van der Waals surface area contributed by atoms with Gasteiger partial charge in [-0.05, 0) is 30.3 Å². The van der Waals surface area contributed by atoms with Crippen LogP contribution in [-0.2, 0) is 10.4 Å². The normalized spacial score (nSPS) is 19.7. The van der Waals surface area contributed by atoms with E-state index in [2.05, 4.69) is 21.2 Å². The molecule has 0 saturated heterocycles. The number of Topliss-reactive ketones (excluding diaryl/α,β-unsaturated/α-hetero) is 1. The molecule has 1 amide bonds. The lowest BCUT2D eigenvalue weighted by Crippen LogP contribution is -2.36. The smallest absolute Gasteiger partial charge is 0.261 e. The molecule has 2 aromatic rings. The maximum absolute atomic E-state index is 12.4. The predicted molar refractivity (Wildman–Crippen MR) is 87.1 cm³/mol. The summed E-state index contributed by atoms with van der Waals surface area (Å²) in [7, 11) is 0. The van der Waals surface area contributed by atoms with Gasteiger partial charge in [0.05, 0.1) is 6.42 Å². The summed E-state index contributed by atoms with van der Waals surface area (Å²) in [5, 5.41) is 13.8. The second-order valence-corrected chi connectivity index (χ2v) is 6.47. The molecule has 0 unspecified atom stereocenters. The van der Waals surface area contributed by atoms with Crippen LogP contribution in [0.4, 0.5) is 5.69 Å². The van der Waals surface area contributed by atoms with Crippen molar-refractivity contribution in [2.75, 3.05) is 5.32 Å². The summed E-state index contributed by atoms with van der Waals surface area (Å²) >= 11 is 9.18. The Hall–Kier alpha value is -1.69. The van der Waals surface area contributed by atoms with Crippen molar-refractivity contribution in [1.29, 1.82) is 0 Å². The van der Waals surface area contributed by atoms with E-state index in [1.165, 1.54) is 6.07 Å². The van der Waals surface area contributed by atoms with Crippen LogP contribution in [0.3, 0.4) is 0 Å². The van der Waals surface area contributed by atoms with Gasteiger partial charge in [-0.3, -0.25) is 9.59 Å². The molecule has 0 saturated carbocycles. The number of fused-ring (bicyclic) bond motifs is 1. The van der Waals surface area contributed by atoms with E-state index in [4.69, 9.17) is 11.6 Å². The summed E-state index contributed by atoms with van der Waals surface area (Å²) in [6.07, 6.45) is -0.345. The highest BCUT2D eigenvalue weighted by Gasteiger charge is 2.46. The zero-order chi connectivity index (χ0) is 15.9. The van der Waals surface area contributed by atoms with Crippen molar-refractivity contribution in [3.63, 3.8) is 0 Å². The van der Waals surface area contributed by atoms with Crippen LogP contribution in [0.2, 0.25) is 5.02 Å². The molecule has 2 aromatic carbocycles. The minimum atomic E-state index is -1.88. The predicted octanol–water partition coefficient (Wildman–Crippen LogP) is 3.52. The van der Waals surface area contributed by atoms with Crippen molar-refractivity contribution in [2.45, 2.75) is 12.0 Å². The number of amides is 1. The number of halogens is 2. The van der Waals surface area contributed by atoms with Crippen LogP contribution in [-0.4, -0.2) is 16.8 Å². The third-order valence-electron chi connectivity index (χ3n) is 3.61. The molecule has 3 rings (SSSR count). The number of aliphatic hydroxyl groups is 1. The molecule has 0 spiro atoms. The average Bonchev–Trinajstić information content (AvgIpc) is 2.71. The molecule has 0 aliphatic carbocycles. The van der Waals surface area contributed by atoms with E-state index in [1.807, 2.05) is 0 Å². The van der Waals surface area contributed by atoms with Gasteiger partial charge in [0, 0.05) is 26.3 Å². The standard InChI is InChI=1S/C16H11BrClNO3/c17-10-4-5-13-12(7-10)16(22,15(21)19-13)8-14(20)9-2-1-3-11(18)6-9/h1-7,22H,8H2,(H,19,21)/t16-/m1/s1. The second-order valence-electron chi connectivity index (χ2n) is 5.11. The molecule has 0 fully saturated rings. The molecule has 1 aliphatic heterocycles. The molecular formula is C16H11BrClNO3. The molecule has 1 heterocycles. The third-order valence-corrected chi connectivity index (χ3v) is 4.34. The van der Waals surface area contributed by atoms with E-state index < -0.39 is 11.5 Å². The van der Waals surface area contributed by atoms with E-state index in [1.54, 1.807) is 36.4 Å². The molecule has 6 heteroatoms. The SMILES string of the molecule is O=C(C[C@]1(O)C(=O)Nc2ccc(Br)cc21)c1cccc(Cl)c1. The number of carbonyl (C=O) groups excluding carboxylic acids is 2. The van der Waals surface area contributed by atoms with Gasteiger partial charge in [0.15, 0.2) is 11.4 Å². The summed E-state index contributed by atoms with van der Waals surface area (Å²) in [4.78, 5) is 24.5. The molecule has 4 nitrogen and oxygen atoms in total. The Labute approximate surface area is 140 Å². The molecule has 1 aliphatic rings. The Bertz CT molecular complexity index is 793. The third kappa shape index (κ3) is 2.56. The Morgan fingerprint density at radius 3 is 2.77 bits per heavy atom. The number of rotatable bonds is 3. The molecule has 0 bridgehead atoms. The summed E-state index contributed by atoms with van der Waals surface area (Å²) in [5.41, 5.74) is -0.618. The minimum Gasteiger partial charge on any atom is -0.375 e. The Kier molecular flexibility index (Phi) is 3.80. The van der Waals surface area contributed by atoms with Crippen molar-refractivity contribution in [3.8, 4) is 0 Å². The van der Waals surface area contributed by atoms with E-state index in [0.29, 0.717) is 21.8 Å². The van der Waals surface area contributed by atoms with Gasteiger partial charge in [-0.1, -0.05) is 39.7 Å². The first-order valence-electron chi connectivity index (χ1n) is 6.53. The Morgan fingerprint density at radius 1 is 1.27 bits per heavy atom. The van der Waals surface area contributed by atoms with Crippen LogP contribution in [0, 0.1) is 0 Å². The van der Waals surface area contributed by atoms with Crippen LogP contribution in [0.5, 0.6) is 0 Å². The second kappa shape index (κ2) is 5.50. The lowest BCUT2D eigenvalue weighted by atomic mass is 9.88. The van der Waals surface area contributed by atoms with E-state index >= 15 is 0 Å². The zero-order valence-corrected chi connectivity index (χ0v) is 13.6. The topological polar surface area (TPSA) is 66.4 Å². The van der Waals surface area contributed by atoms with E-state index in [9.17, 15) is 14.7 Å². The summed E-state index contributed by atoms with van der Waals surface area (Å²) < 4.78 is 0.719. The maximum atomic E-state index is 12.4. The fourth-order valence-electron chi connectivity index (χ4n) is 2.49. The van der Waals surface area contributed by atoms with Crippen LogP contribution in [0.15, 0.2) is 46.9 Å². The maximum Gasteiger partial charge on any atom is 0.261 e. The lowest BCUT2D eigenvalue weighted by Gasteiger charge is -2.20. The zero-order valence-electron chi connectivity index (χ0n) is 11.3. The van der Waals surface area contributed by atoms with Gasteiger partial charge in [0.2, 0.25) is 0 Å². The number of nitrogens with one attached hydrogen (secondary N) is 1. The number of benzene rings is 2. The van der Waals surface area contributed by atoms with Crippen molar-refractivity contribution < 1.29 is 14.7 Å². The fraction of sp³-hybridized carbons (Fsp3) is 0.125. The lowest BCUT2D eigenvalue weighted by molar-refractivity contribution is -0.133. The van der Waals surface area contributed by atoms with Gasteiger partial charge in [0.1, 0.15) is 0 Å². The summed E-state index contributed by atoms with van der Waals surface area (Å²) in [5.74, 6) is -0.955. The fourth-order valence-corrected chi connectivity index (χ4v) is 3.04. The quantitative estimate of drug-likeness (QED) is 0.801. The van der Waals surface area contributed by atoms with Gasteiger partial charge in [0.25, 0.3) is 5.91 Å². The van der Waals surface area contributed by atoms with Gasteiger partial charge >= 0.3 is 0 Å². The molecule has 22 heavy (non-hydrogen) atoms. The summed E-state index contributed by atoms with van der Waals surface area (Å²) in [6.45, 7) is 0.